The molecule has 1 fully saturated rings. The van der Waals surface area contributed by atoms with Crippen LogP contribution in [0.2, 0.25) is 0 Å². The van der Waals surface area contributed by atoms with Gasteiger partial charge in [0.2, 0.25) is 0 Å². The SMILES string of the molecule is O=C1c2cc([N+](=O)[O-])ccc2C(=O)c2c(NC3CCCCC3)ccc(Br)c21. The molecule has 0 spiro atoms. The van der Waals surface area contributed by atoms with Crippen molar-refractivity contribution in [2.45, 2.75) is 38.1 Å². The van der Waals surface area contributed by atoms with E-state index < -0.39 is 4.92 Å². The van der Waals surface area contributed by atoms with Crippen molar-refractivity contribution in [3.05, 3.63) is 67.2 Å². The minimum absolute atomic E-state index is 0.0808. The van der Waals surface area contributed by atoms with Crippen molar-refractivity contribution >= 4 is 38.9 Å². The molecule has 0 bridgehead atoms. The van der Waals surface area contributed by atoms with E-state index in [0.717, 1.165) is 25.7 Å². The molecule has 138 valence electrons. The fraction of sp³-hybridized carbons (Fsp3) is 0.300. The summed E-state index contributed by atoms with van der Waals surface area (Å²) in [5, 5.41) is 14.5. The lowest BCUT2D eigenvalue weighted by Crippen LogP contribution is -2.27. The van der Waals surface area contributed by atoms with E-state index in [1.54, 1.807) is 6.07 Å². The van der Waals surface area contributed by atoms with E-state index in [0.29, 0.717) is 15.7 Å². The highest BCUT2D eigenvalue weighted by Gasteiger charge is 2.35. The van der Waals surface area contributed by atoms with Gasteiger partial charge in [-0.3, -0.25) is 19.7 Å². The number of anilines is 1. The Hall–Kier alpha value is -2.54. The van der Waals surface area contributed by atoms with Gasteiger partial charge in [-0.2, -0.15) is 0 Å². The van der Waals surface area contributed by atoms with E-state index >= 15 is 0 Å². The van der Waals surface area contributed by atoms with Gasteiger partial charge in [-0.15, -0.1) is 0 Å². The maximum absolute atomic E-state index is 13.2. The van der Waals surface area contributed by atoms with Crippen molar-refractivity contribution < 1.29 is 14.5 Å². The van der Waals surface area contributed by atoms with Crippen molar-refractivity contribution in [2.75, 3.05) is 5.32 Å². The van der Waals surface area contributed by atoms with Crippen LogP contribution in [0.15, 0.2) is 34.8 Å². The molecule has 0 atom stereocenters. The third-order valence-electron chi connectivity index (χ3n) is 5.28. The van der Waals surface area contributed by atoms with Gasteiger partial charge in [0.15, 0.2) is 11.6 Å². The largest absolute Gasteiger partial charge is 0.382 e. The Morgan fingerprint density at radius 1 is 0.963 bits per heavy atom. The van der Waals surface area contributed by atoms with Gasteiger partial charge < -0.3 is 5.32 Å². The monoisotopic (exact) mass is 428 g/mol. The lowest BCUT2D eigenvalue weighted by molar-refractivity contribution is -0.384. The molecule has 27 heavy (non-hydrogen) atoms. The van der Waals surface area contributed by atoms with Crippen molar-refractivity contribution in [3.8, 4) is 0 Å². The number of rotatable bonds is 3. The van der Waals surface area contributed by atoms with Crippen LogP contribution in [0.3, 0.4) is 0 Å². The summed E-state index contributed by atoms with van der Waals surface area (Å²) in [4.78, 5) is 36.7. The number of nitrogens with one attached hydrogen (secondary N) is 1. The number of non-ortho nitro benzene ring substituents is 1. The highest BCUT2D eigenvalue weighted by Crippen LogP contribution is 2.38. The zero-order chi connectivity index (χ0) is 19.1. The second-order valence-corrected chi connectivity index (χ2v) is 7.82. The molecule has 2 aliphatic carbocycles. The zero-order valence-corrected chi connectivity index (χ0v) is 16.0. The van der Waals surface area contributed by atoms with Crippen LogP contribution in [0.4, 0.5) is 11.4 Å². The molecule has 0 heterocycles. The number of carbonyl (C=O) groups is 2. The summed E-state index contributed by atoms with van der Waals surface area (Å²) in [6, 6.07) is 7.68. The van der Waals surface area contributed by atoms with Gasteiger partial charge in [-0.25, -0.2) is 0 Å². The molecular formula is C20H17BrN2O4. The normalized spacial score (nSPS) is 16.6. The van der Waals surface area contributed by atoms with Crippen LogP contribution in [0.5, 0.6) is 0 Å². The third-order valence-corrected chi connectivity index (χ3v) is 5.94. The Kier molecular flexibility index (Phi) is 4.55. The average molecular weight is 429 g/mol. The molecule has 6 nitrogen and oxygen atoms in total. The Balaban J connectivity index is 1.82. The molecule has 2 aromatic rings. The van der Waals surface area contributed by atoms with Crippen molar-refractivity contribution in [2.24, 2.45) is 0 Å². The van der Waals surface area contributed by atoms with Crippen molar-refractivity contribution in [1.82, 2.24) is 0 Å². The predicted octanol–water partition coefficient (Wildman–Crippen LogP) is 4.88. The van der Waals surface area contributed by atoms with Gasteiger partial charge in [0, 0.05) is 39.5 Å². The average Bonchev–Trinajstić information content (AvgIpc) is 2.67. The van der Waals surface area contributed by atoms with E-state index in [1.165, 1.54) is 24.6 Å². The van der Waals surface area contributed by atoms with Gasteiger partial charge in [0.1, 0.15) is 0 Å². The summed E-state index contributed by atoms with van der Waals surface area (Å²) in [5.41, 5.74) is 1.36. The fourth-order valence-electron chi connectivity index (χ4n) is 3.92. The van der Waals surface area contributed by atoms with Gasteiger partial charge >= 0.3 is 0 Å². The summed E-state index contributed by atoms with van der Waals surface area (Å²) in [7, 11) is 0. The molecule has 0 saturated heterocycles. The minimum atomic E-state index is -0.566. The number of benzene rings is 2. The van der Waals surface area contributed by atoms with Gasteiger partial charge in [0.25, 0.3) is 5.69 Å². The minimum Gasteiger partial charge on any atom is -0.382 e. The predicted molar refractivity (Wildman–Crippen MR) is 105 cm³/mol. The molecule has 2 aromatic carbocycles. The number of ketones is 2. The van der Waals surface area contributed by atoms with E-state index in [1.807, 2.05) is 6.07 Å². The lowest BCUT2D eigenvalue weighted by Gasteiger charge is -2.27. The van der Waals surface area contributed by atoms with Gasteiger partial charge in [-0.05, 0) is 31.0 Å². The number of nitrogens with zero attached hydrogens (tertiary/aromatic N) is 1. The Morgan fingerprint density at radius 3 is 2.37 bits per heavy atom. The Labute approximate surface area is 164 Å². The van der Waals surface area contributed by atoms with Crippen LogP contribution < -0.4 is 5.32 Å². The number of fused-ring (bicyclic) bond motifs is 2. The molecule has 4 rings (SSSR count). The first-order valence-electron chi connectivity index (χ1n) is 8.94. The van der Waals surface area contributed by atoms with Crippen molar-refractivity contribution in [1.29, 1.82) is 0 Å². The van der Waals surface area contributed by atoms with Crippen LogP contribution in [0.1, 0.15) is 63.9 Å². The summed E-state index contributed by atoms with van der Waals surface area (Å²) in [6.07, 6.45) is 5.59. The molecule has 0 unspecified atom stereocenters. The highest BCUT2D eigenvalue weighted by atomic mass is 79.9. The second kappa shape index (κ2) is 6.88. The summed E-state index contributed by atoms with van der Waals surface area (Å²) < 4.78 is 0.516. The Morgan fingerprint density at radius 2 is 1.67 bits per heavy atom. The molecule has 0 radical (unpaired) electrons. The molecular weight excluding hydrogens is 412 g/mol. The van der Waals surface area contributed by atoms with Gasteiger partial charge in [-0.1, -0.05) is 35.2 Å². The van der Waals surface area contributed by atoms with E-state index in [-0.39, 0.29) is 40.0 Å². The maximum Gasteiger partial charge on any atom is 0.270 e. The van der Waals surface area contributed by atoms with Crippen LogP contribution in [0, 0.1) is 10.1 Å². The van der Waals surface area contributed by atoms with E-state index in [2.05, 4.69) is 21.2 Å². The fourth-order valence-corrected chi connectivity index (χ4v) is 4.43. The number of nitro benzene ring substituents is 1. The van der Waals surface area contributed by atoms with Crippen LogP contribution >= 0.6 is 15.9 Å². The number of hydrogen-bond donors (Lipinski definition) is 1. The smallest absolute Gasteiger partial charge is 0.270 e. The first kappa shape index (κ1) is 17.9. The summed E-state index contributed by atoms with van der Waals surface area (Å²) >= 11 is 3.37. The molecule has 7 heteroatoms. The second-order valence-electron chi connectivity index (χ2n) is 6.97. The first-order chi connectivity index (χ1) is 13.0. The molecule has 2 aliphatic rings. The van der Waals surface area contributed by atoms with Crippen molar-refractivity contribution in [3.63, 3.8) is 0 Å². The zero-order valence-electron chi connectivity index (χ0n) is 14.5. The van der Waals surface area contributed by atoms with E-state index in [9.17, 15) is 19.7 Å². The molecule has 0 amide bonds. The summed E-state index contributed by atoms with van der Waals surface area (Å²) in [6.45, 7) is 0. The van der Waals surface area contributed by atoms with E-state index in [4.69, 9.17) is 0 Å². The molecule has 1 N–H and O–H groups in total. The lowest BCUT2D eigenvalue weighted by atomic mass is 9.82. The quantitative estimate of drug-likeness (QED) is 0.474. The van der Waals surface area contributed by atoms with Crippen LogP contribution in [0.25, 0.3) is 0 Å². The highest BCUT2D eigenvalue weighted by molar-refractivity contribution is 9.10. The Bertz CT molecular complexity index is 980. The first-order valence-corrected chi connectivity index (χ1v) is 9.73. The molecule has 0 aliphatic heterocycles. The number of nitro groups is 1. The number of halogens is 1. The summed E-state index contributed by atoms with van der Waals surface area (Å²) in [5.74, 6) is -0.656. The standard InChI is InChI=1S/C20H17BrN2O4/c21-15-8-9-16(22-11-4-2-1-3-5-11)18-17(15)20(25)14-10-12(23(26)27)6-7-13(14)19(18)24/h6-11,22H,1-5H2. The van der Waals surface area contributed by atoms with Crippen LogP contribution in [-0.2, 0) is 0 Å². The molecule has 1 saturated carbocycles. The third kappa shape index (κ3) is 3.06. The van der Waals surface area contributed by atoms with Gasteiger partial charge in [0.05, 0.1) is 16.1 Å². The van der Waals surface area contributed by atoms with Crippen LogP contribution in [-0.4, -0.2) is 22.5 Å². The molecule has 0 aromatic heterocycles. The topological polar surface area (TPSA) is 89.3 Å². The number of hydrogen-bond acceptors (Lipinski definition) is 5. The number of carbonyl (C=O) groups excluding carboxylic acids is 2. The maximum atomic E-state index is 13.2.